The van der Waals surface area contributed by atoms with E-state index in [4.69, 9.17) is 5.73 Å². The van der Waals surface area contributed by atoms with Crippen LogP contribution in [0.2, 0.25) is 0 Å². The van der Waals surface area contributed by atoms with E-state index >= 15 is 0 Å². The van der Waals surface area contributed by atoms with E-state index < -0.39 is 10.0 Å². The maximum absolute atomic E-state index is 12.4. The van der Waals surface area contributed by atoms with Gasteiger partial charge in [0, 0.05) is 18.6 Å². The fourth-order valence-electron chi connectivity index (χ4n) is 2.89. The Bertz CT molecular complexity index is 599. The zero-order valence-corrected chi connectivity index (χ0v) is 12.9. The molecule has 6 heteroatoms. The van der Waals surface area contributed by atoms with Gasteiger partial charge < -0.3 is 11.1 Å². The van der Waals surface area contributed by atoms with E-state index in [1.165, 1.54) is 0 Å². The van der Waals surface area contributed by atoms with Crippen molar-refractivity contribution in [1.29, 1.82) is 0 Å². The second-order valence-electron chi connectivity index (χ2n) is 6.13. The minimum absolute atomic E-state index is 0.117. The molecule has 0 radical (unpaired) electrons. The van der Waals surface area contributed by atoms with Crippen LogP contribution in [0.3, 0.4) is 0 Å². The summed E-state index contributed by atoms with van der Waals surface area (Å²) in [4.78, 5) is 0.337. The van der Waals surface area contributed by atoms with Crippen molar-refractivity contribution in [3.63, 3.8) is 0 Å². The predicted octanol–water partition coefficient (Wildman–Crippen LogP) is 1.67. The van der Waals surface area contributed by atoms with Crippen molar-refractivity contribution in [2.45, 2.75) is 49.1 Å². The number of anilines is 1. The first-order chi connectivity index (χ1) is 10.1. The molecule has 21 heavy (non-hydrogen) atoms. The van der Waals surface area contributed by atoms with Crippen LogP contribution in [-0.2, 0) is 10.0 Å². The molecule has 0 spiro atoms. The lowest BCUT2D eigenvalue weighted by Crippen LogP contribution is -2.30. The molecule has 4 N–H and O–H groups in total. The molecule has 116 valence electrons. The molecule has 2 aliphatic carbocycles. The molecule has 0 aromatic heterocycles. The van der Waals surface area contributed by atoms with Crippen LogP contribution in [0.1, 0.15) is 32.1 Å². The van der Waals surface area contributed by atoms with Crippen LogP contribution in [0.5, 0.6) is 0 Å². The Labute approximate surface area is 126 Å². The van der Waals surface area contributed by atoms with Crippen LogP contribution in [0.4, 0.5) is 5.69 Å². The maximum Gasteiger partial charge on any atom is 0.242 e. The zero-order chi connectivity index (χ0) is 14.9. The monoisotopic (exact) mass is 309 g/mol. The van der Waals surface area contributed by atoms with Crippen LogP contribution in [-0.4, -0.2) is 27.0 Å². The molecule has 0 saturated heterocycles. The van der Waals surface area contributed by atoms with Gasteiger partial charge in [-0.2, -0.15) is 0 Å². The third-order valence-electron chi connectivity index (χ3n) is 4.35. The van der Waals surface area contributed by atoms with Crippen molar-refractivity contribution < 1.29 is 8.42 Å². The van der Waals surface area contributed by atoms with Gasteiger partial charge in [0.25, 0.3) is 0 Å². The van der Waals surface area contributed by atoms with Gasteiger partial charge >= 0.3 is 0 Å². The van der Waals surface area contributed by atoms with Crippen LogP contribution in [0.15, 0.2) is 29.2 Å². The maximum atomic E-state index is 12.4. The number of sulfonamides is 1. The normalized spacial score (nSPS) is 26.0. The highest BCUT2D eigenvalue weighted by atomic mass is 32.2. The Morgan fingerprint density at radius 2 is 1.90 bits per heavy atom. The third-order valence-corrected chi connectivity index (χ3v) is 5.93. The Morgan fingerprint density at radius 1 is 1.14 bits per heavy atom. The van der Waals surface area contributed by atoms with E-state index in [1.54, 1.807) is 12.1 Å². The Kier molecular flexibility index (Phi) is 4.19. The van der Waals surface area contributed by atoms with Gasteiger partial charge in [-0.05, 0) is 43.7 Å². The van der Waals surface area contributed by atoms with Crippen molar-refractivity contribution in [2.75, 3.05) is 11.9 Å². The van der Waals surface area contributed by atoms with Crippen molar-refractivity contribution in [3.8, 4) is 0 Å². The van der Waals surface area contributed by atoms with E-state index in [1.807, 2.05) is 12.1 Å². The topological polar surface area (TPSA) is 84.2 Å². The summed E-state index contributed by atoms with van der Waals surface area (Å²) in [5.41, 5.74) is 6.74. The lowest BCUT2D eigenvalue weighted by molar-refractivity contribution is 0.504. The molecule has 2 fully saturated rings. The molecular weight excluding hydrogens is 286 g/mol. The SMILES string of the molecule is NC1CCCC1CNc1ccccc1S(=O)(=O)NC1CC1. The van der Waals surface area contributed by atoms with Gasteiger partial charge in [-0.1, -0.05) is 18.6 Å². The molecule has 2 atom stereocenters. The summed E-state index contributed by atoms with van der Waals surface area (Å²) in [6.07, 6.45) is 5.22. The van der Waals surface area contributed by atoms with Gasteiger partial charge in [-0.25, -0.2) is 13.1 Å². The second-order valence-corrected chi connectivity index (χ2v) is 7.81. The minimum atomic E-state index is -3.43. The predicted molar refractivity (Wildman–Crippen MR) is 83.6 cm³/mol. The summed E-state index contributed by atoms with van der Waals surface area (Å²) >= 11 is 0. The van der Waals surface area contributed by atoms with Crippen LogP contribution >= 0.6 is 0 Å². The Balaban J connectivity index is 1.72. The summed E-state index contributed by atoms with van der Waals surface area (Å²) in [5.74, 6) is 0.428. The van der Waals surface area contributed by atoms with Gasteiger partial charge in [0.05, 0.1) is 5.69 Å². The first kappa shape index (κ1) is 14.8. The van der Waals surface area contributed by atoms with E-state index in [9.17, 15) is 8.42 Å². The molecule has 2 saturated carbocycles. The van der Waals surface area contributed by atoms with Gasteiger partial charge in [0.15, 0.2) is 0 Å². The molecule has 2 unspecified atom stereocenters. The zero-order valence-electron chi connectivity index (χ0n) is 12.1. The summed E-state index contributed by atoms with van der Waals surface area (Å²) < 4.78 is 27.5. The number of hydrogen-bond donors (Lipinski definition) is 3. The molecule has 1 aromatic rings. The molecule has 0 bridgehead atoms. The van der Waals surface area contributed by atoms with Crippen molar-refractivity contribution >= 4 is 15.7 Å². The van der Waals surface area contributed by atoms with Gasteiger partial charge in [0.1, 0.15) is 4.90 Å². The number of nitrogens with two attached hydrogens (primary N) is 1. The smallest absolute Gasteiger partial charge is 0.242 e. The highest BCUT2D eigenvalue weighted by Gasteiger charge is 2.29. The molecule has 5 nitrogen and oxygen atoms in total. The molecule has 1 aromatic carbocycles. The van der Waals surface area contributed by atoms with E-state index in [0.717, 1.165) is 38.6 Å². The third kappa shape index (κ3) is 3.56. The van der Waals surface area contributed by atoms with Crippen molar-refractivity contribution in [1.82, 2.24) is 4.72 Å². The fraction of sp³-hybridized carbons (Fsp3) is 0.600. The number of para-hydroxylation sites is 1. The largest absolute Gasteiger partial charge is 0.384 e. The highest BCUT2D eigenvalue weighted by molar-refractivity contribution is 7.89. The number of hydrogen-bond acceptors (Lipinski definition) is 4. The summed E-state index contributed by atoms with van der Waals surface area (Å²) in [6.45, 7) is 0.733. The number of rotatable bonds is 6. The molecule has 2 aliphatic rings. The van der Waals surface area contributed by atoms with E-state index in [0.29, 0.717) is 16.5 Å². The van der Waals surface area contributed by atoms with Gasteiger partial charge in [0.2, 0.25) is 10.0 Å². The first-order valence-corrected chi connectivity index (χ1v) is 9.15. The molecule has 0 aliphatic heterocycles. The van der Waals surface area contributed by atoms with Gasteiger partial charge in [-0.3, -0.25) is 0 Å². The number of benzene rings is 1. The second kappa shape index (κ2) is 5.94. The van der Waals surface area contributed by atoms with Crippen molar-refractivity contribution in [2.24, 2.45) is 11.7 Å². The fourth-order valence-corrected chi connectivity index (χ4v) is 4.38. The summed E-state index contributed by atoms with van der Waals surface area (Å²) in [6, 6.07) is 7.43. The van der Waals surface area contributed by atoms with Crippen molar-refractivity contribution in [3.05, 3.63) is 24.3 Å². The molecule has 3 rings (SSSR count). The van der Waals surface area contributed by atoms with Crippen LogP contribution in [0, 0.1) is 5.92 Å². The lowest BCUT2D eigenvalue weighted by atomic mass is 10.0. The number of nitrogens with one attached hydrogen (secondary N) is 2. The van der Waals surface area contributed by atoms with Crippen LogP contribution < -0.4 is 15.8 Å². The molecule has 0 heterocycles. The van der Waals surface area contributed by atoms with Gasteiger partial charge in [-0.15, -0.1) is 0 Å². The average molecular weight is 309 g/mol. The lowest BCUT2D eigenvalue weighted by Gasteiger charge is -2.18. The standard InChI is InChI=1S/C15H23N3O2S/c16-13-5-3-4-11(13)10-17-14-6-1-2-7-15(14)21(19,20)18-12-8-9-12/h1-2,6-7,11-13,17-18H,3-5,8-10,16H2. The summed E-state index contributed by atoms with van der Waals surface area (Å²) in [7, 11) is -3.43. The average Bonchev–Trinajstić information content (AvgIpc) is 3.16. The molecule has 0 amide bonds. The first-order valence-electron chi connectivity index (χ1n) is 7.67. The summed E-state index contributed by atoms with van der Waals surface area (Å²) in [5, 5.41) is 3.29. The van der Waals surface area contributed by atoms with E-state index in [-0.39, 0.29) is 12.1 Å². The Morgan fingerprint density at radius 3 is 2.57 bits per heavy atom. The van der Waals surface area contributed by atoms with E-state index in [2.05, 4.69) is 10.0 Å². The minimum Gasteiger partial charge on any atom is -0.384 e. The Hall–Kier alpha value is -1.11. The highest BCUT2D eigenvalue weighted by Crippen LogP contribution is 2.28. The molecular formula is C15H23N3O2S. The quantitative estimate of drug-likeness (QED) is 0.746. The van der Waals surface area contributed by atoms with Crippen LogP contribution in [0.25, 0.3) is 0 Å².